The molecule has 0 spiro atoms. The van der Waals surface area contributed by atoms with E-state index in [1.54, 1.807) is 18.2 Å². The zero-order valence-corrected chi connectivity index (χ0v) is 20.5. The lowest BCUT2D eigenvalue weighted by Crippen LogP contribution is -2.22. The molecule has 6 nitrogen and oxygen atoms in total. The summed E-state index contributed by atoms with van der Waals surface area (Å²) in [5, 5.41) is 18.7. The van der Waals surface area contributed by atoms with Crippen LogP contribution in [0.4, 0.5) is 0 Å². The minimum atomic E-state index is -4.28. The Morgan fingerprint density at radius 3 is 2.14 bits per heavy atom. The van der Waals surface area contributed by atoms with Gasteiger partial charge < -0.3 is 14.9 Å². The largest absolute Gasteiger partial charge is 0.508 e. The highest BCUT2D eigenvalue weighted by molar-refractivity contribution is 7.86. The summed E-state index contributed by atoms with van der Waals surface area (Å²) in [5.74, 6) is 0.753. The Labute approximate surface area is 207 Å². The molecule has 35 heavy (non-hydrogen) atoms. The number of rotatable bonds is 12. The molecule has 0 heterocycles. The van der Waals surface area contributed by atoms with Gasteiger partial charge in [-0.3, -0.25) is 4.55 Å². The van der Waals surface area contributed by atoms with E-state index >= 15 is 0 Å². The Morgan fingerprint density at radius 1 is 0.914 bits per heavy atom. The van der Waals surface area contributed by atoms with Gasteiger partial charge in [0.2, 0.25) is 0 Å². The molecule has 0 bridgehead atoms. The smallest absolute Gasteiger partial charge is 0.268 e. The molecule has 186 valence electrons. The molecule has 3 aromatic carbocycles. The number of hydrogen-bond acceptors (Lipinski definition) is 5. The van der Waals surface area contributed by atoms with Crippen molar-refractivity contribution < 1.29 is 27.9 Å². The Hall–Kier alpha value is -3.13. The van der Waals surface area contributed by atoms with Crippen molar-refractivity contribution in [3.8, 4) is 11.5 Å². The molecule has 0 aliphatic rings. The van der Waals surface area contributed by atoms with Crippen LogP contribution >= 0.6 is 0 Å². The van der Waals surface area contributed by atoms with Gasteiger partial charge in [0, 0.05) is 0 Å². The van der Waals surface area contributed by atoms with Gasteiger partial charge >= 0.3 is 0 Å². The molecule has 0 radical (unpaired) electrons. The number of aliphatic hydroxyl groups excluding tert-OH is 1. The number of hydrogen-bond donors (Lipinski definition) is 3. The van der Waals surface area contributed by atoms with Crippen LogP contribution in [0.3, 0.4) is 0 Å². The van der Waals surface area contributed by atoms with E-state index in [2.05, 4.69) is 0 Å². The number of benzene rings is 3. The average molecular weight is 497 g/mol. The standard InChI is InChI=1S/C28H32O6S/c1-2-22(23-13-17-26(18-14-23)34-20-21-7-4-3-5-8-21)19-27(35(31,32)33)9-6-10-28(30)24-11-15-25(29)16-12-24/h3-8,10-18,22,27-30H,2,9,19-20H2,1H3,(H,31,32,33)/t22-,27+,28-/m1/s1. The predicted octanol–water partition coefficient (Wildman–Crippen LogP) is 5.79. The Bertz CT molecular complexity index is 1170. The van der Waals surface area contributed by atoms with E-state index in [4.69, 9.17) is 4.74 Å². The van der Waals surface area contributed by atoms with Gasteiger partial charge in [0.15, 0.2) is 0 Å². The first-order valence-corrected chi connectivity index (χ1v) is 13.1. The number of phenols is 1. The first-order valence-electron chi connectivity index (χ1n) is 11.6. The van der Waals surface area contributed by atoms with E-state index in [0.717, 1.165) is 16.9 Å². The summed E-state index contributed by atoms with van der Waals surface area (Å²) in [6.07, 6.45) is 3.15. The summed E-state index contributed by atoms with van der Waals surface area (Å²) < 4.78 is 39.8. The first-order chi connectivity index (χ1) is 16.8. The molecule has 3 aromatic rings. The molecule has 3 atom stereocenters. The molecule has 0 saturated carbocycles. The molecule has 3 rings (SSSR count). The summed E-state index contributed by atoms with van der Waals surface area (Å²) in [6, 6.07) is 23.6. The highest BCUT2D eigenvalue weighted by Gasteiger charge is 2.26. The van der Waals surface area contributed by atoms with Crippen LogP contribution in [-0.2, 0) is 16.7 Å². The van der Waals surface area contributed by atoms with Crippen molar-refractivity contribution in [3.05, 3.63) is 108 Å². The lowest BCUT2D eigenvalue weighted by molar-refractivity contribution is 0.228. The molecule has 0 amide bonds. The third-order valence-electron chi connectivity index (χ3n) is 6.01. The lowest BCUT2D eigenvalue weighted by Gasteiger charge is -2.21. The van der Waals surface area contributed by atoms with Crippen LogP contribution in [0.25, 0.3) is 0 Å². The summed E-state index contributed by atoms with van der Waals surface area (Å²) in [6.45, 7) is 2.44. The number of allylic oxidation sites excluding steroid dienone is 1. The fourth-order valence-corrected chi connectivity index (χ4v) is 4.74. The second-order valence-electron chi connectivity index (χ2n) is 8.52. The number of aliphatic hydroxyl groups is 1. The zero-order chi connectivity index (χ0) is 25.3. The van der Waals surface area contributed by atoms with Crippen LogP contribution in [0.1, 0.15) is 54.9 Å². The third-order valence-corrected chi connectivity index (χ3v) is 7.24. The van der Waals surface area contributed by atoms with Crippen LogP contribution in [0, 0.1) is 0 Å². The Balaban J connectivity index is 1.62. The van der Waals surface area contributed by atoms with E-state index in [1.807, 2.05) is 61.5 Å². The van der Waals surface area contributed by atoms with Crippen molar-refractivity contribution in [1.29, 1.82) is 0 Å². The lowest BCUT2D eigenvalue weighted by atomic mass is 9.91. The number of phenolic OH excluding ortho intramolecular Hbond substituents is 1. The maximum absolute atomic E-state index is 12.1. The van der Waals surface area contributed by atoms with Gasteiger partial charge in [0.1, 0.15) is 18.1 Å². The normalized spacial score (nSPS) is 14.5. The highest BCUT2D eigenvalue weighted by atomic mass is 32.2. The second kappa shape index (κ2) is 12.5. The van der Waals surface area contributed by atoms with Crippen LogP contribution in [0.15, 0.2) is 91.0 Å². The van der Waals surface area contributed by atoms with E-state index in [9.17, 15) is 23.2 Å². The molecule has 7 heteroatoms. The maximum atomic E-state index is 12.1. The zero-order valence-electron chi connectivity index (χ0n) is 19.7. The van der Waals surface area contributed by atoms with Gasteiger partial charge in [-0.2, -0.15) is 8.42 Å². The second-order valence-corrected chi connectivity index (χ2v) is 10.2. The van der Waals surface area contributed by atoms with Crippen molar-refractivity contribution in [2.45, 2.75) is 50.1 Å². The summed E-state index contributed by atoms with van der Waals surface area (Å²) in [4.78, 5) is 0. The molecule has 0 aliphatic carbocycles. The molecular weight excluding hydrogens is 464 g/mol. The third kappa shape index (κ3) is 8.24. The van der Waals surface area contributed by atoms with Gasteiger partial charge in [0.25, 0.3) is 10.1 Å². The van der Waals surface area contributed by atoms with E-state index in [-0.39, 0.29) is 24.5 Å². The number of ether oxygens (including phenoxy) is 1. The Kier molecular flexibility index (Phi) is 9.48. The monoisotopic (exact) mass is 496 g/mol. The molecule has 0 aromatic heterocycles. The van der Waals surface area contributed by atoms with Crippen LogP contribution < -0.4 is 4.74 Å². The molecule has 0 fully saturated rings. The van der Waals surface area contributed by atoms with Crippen molar-refractivity contribution in [1.82, 2.24) is 0 Å². The fraction of sp³-hybridized carbons (Fsp3) is 0.286. The SMILES string of the molecule is CC[C@H](C[C@H](CC=C[C@@H](O)c1ccc(O)cc1)S(=O)(=O)O)c1ccc(OCc2ccccc2)cc1. The molecular formula is C28H32O6S. The average Bonchev–Trinajstić information content (AvgIpc) is 2.85. The summed E-state index contributed by atoms with van der Waals surface area (Å²) in [5.41, 5.74) is 2.62. The molecule has 0 aliphatic heterocycles. The number of aromatic hydroxyl groups is 1. The maximum Gasteiger partial charge on any atom is 0.268 e. The molecule has 0 saturated heterocycles. The van der Waals surface area contributed by atoms with Crippen LogP contribution in [0.5, 0.6) is 11.5 Å². The van der Waals surface area contributed by atoms with Crippen molar-refractivity contribution in [2.75, 3.05) is 0 Å². The van der Waals surface area contributed by atoms with Crippen molar-refractivity contribution >= 4 is 10.1 Å². The summed E-state index contributed by atoms with van der Waals surface area (Å²) >= 11 is 0. The fourth-order valence-electron chi connectivity index (χ4n) is 3.91. The van der Waals surface area contributed by atoms with Gasteiger partial charge in [-0.1, -0.05) is 73.7 Å². The van der Waals surface area contributed by atoms with Gasteiger partial charge in [-0.15, -0.1) is 0 Å². The van der Waals surface area contributed by atoms with Gasteiger partial charge in [-0.05, 0) is 66.1 Å². The molecule has 3 N–H and O–H groups in total. The highest BCUT2D eigenvalue weighted by Crippen LogP contribution is 2.30. The van der Waals surface area contributed by atoms with Crippen LogP contribution in [-0.4, -0.2) is 28.4 Å². The van der Waals surface area contributed by atoms with E-state index in [0.29, 0.717) is 18.6 Å². The first kappa shape index (κ1) is 26.5. The van der Waals surface area contributed by atoms with E-state index < -0.39 is 21.5 Å². The summed E-state index contributed by atoms with van der Waals surface area (Å²) in [7, 11) is -4.28. The Morgan fingerprint density at radius 2 is 1.54 bits per heavy atom. The van der Waals surface area contributed by atoms with Crippen molar-refractivity contribution in [2.24, 2.45) is 0 Å². The topological polar surface area (TPSA) is 104 Å². The minimum absolute atomic E-state index is 0.0690. The van der Waals surface area contributed by atoms with Gasteiger partial charge in [-0.25, -0.2) is 0 Å². The molecule has 0 unspecified atom stereocenters. The van der Waals surface area contributed by atoms with Crippen LogP contribution in [0.2, 0.25) is 0 Å². The minimum Gasteiger partial charge on any atom is -0.508 e. The van der Waals surface area contributed by atoms with Crippen molar-refractivity contribution in [3.63, 3.8) is 0 Å². The predicted molar refractivity (Wildman–Crippen MR) is 137 cm³/mol. The quantitative estimate of drug-likeness (QED) is 0.217. The van der Waals surface area contributed by atoms with E-state index in [1.165, 1.54) is 18.2 Å². The van der Waals surface area contributed by atoms with Gasteiger partial charge in [0.05, 0.1) is 11.4 Å².